The van der Waals surface area contributed by atoms with E-state index in [2.05, 4.69) is 10.3 Å². The summed E-state index contributed by atoms with van der Waals surface area (Å²) in [5, 5.41) is 5.17. The Morgan fingerprint density at radius 2 is 1.74 bits per heavy atom. The molecular formula is C26H18ClF2N3O2. The number of aryl methyl sites for hydroxylation is 1. The fourth-order valence-corrected chi connectivity index (χ4v) is 4.14. The lowest BCUT2D eigenvalue weighted by Gasteiger charge is -2.11. The molecular weight excluding hydrogens is 460 g/mol. The molecule has 0 fully saturated rings. The number of carbonyl (C=O) groups excluding carboxylic acids is 1. The molecule has 0 unspecified atom stereocenters. The van der Waals surface area contributed by atoms with E-state index >= 15 is 0 Å². The zero-order chi connectivity index (χ0) is 23.8. The summed E-state index contributed by atoms with van der Waals surface area (Å²) in [4.78, 5) is 17.8. The van der Waals surface area contributed by atoms with E-state index in [0.717, 1.165) is 10.8 Å². The number of fused-ring (bicyclic) bond motifs is 2. The first-order valence-electron chi connectivity index (χ1n) is 10.5. The number of anilines is 1. The standard InChI is InChI=1S/C26H18ClF2N3O2/c1-15-24(26(33)31-22-12-11-19(27)16-6-2-3-7-17(16)22)32-13-5-10-23(25(32)30-15)34-14-18-20(28)8-4-9-21(18)29/h2-13H,14H2,1H3,(H,31,33). The van der Waals surface area contributed by atoms with Gasteiger partial charge in [-0.1, -0.05) is 41.9 Å². The topological polar surface area (TPSA) is 55.6 Å². The Balaban J connectivity index is 1.48. The van der Waals surface area contributed by atoms with Crippen molar-refractivity contribution < 1.29 is 18.3 Å². The Morgan fingerprint density at radius 3 is 2.50 bits per heavy atom. The van der Waals surface area contributed by atoms with E-state index in [0.29, 0.717) is 33.5 Å². The molecule has 5 rings (SSSR count). The summed E-state index contributed by atoms with van der Waals surface area (Å²) in [6.07, 6.45) is 1.68. The van der Waals surface area contributed by atoms with Gasteiger partial charge in [0.15, 0.2) is 11.4 Å². The van der Waals surface area contributed by atoms with Gasteiger partial charge >= 0.3 is 0 Å². The van der Waals surface area contributed by atoms with Crippen molar-refractivity contribution in [1.82, 2.24) is 9.38 Å². The molecule has 0 aliphatic heterocycles. The zero-order valence-corrected chi connectivity index (χ0v) is 18.7. The summed E-state index contributed by atoms with van der Waals surface area (Å²) in [7, 11) is 0. The molecule has 0 bridgehead atoms. The number of imidazole rings is 1. The summed E-state index contributed by atoms with van der Waals surface area (Å²) < 4.78 is 35.3. The second-order valence-electron chi connectivity index (χ2n) is 7.70. The van der Waals surface area contributed by atoms with Crippen LogP contribution >= 0.6 is 11.6 Å². The number of benzene rings is 3. The van der Waals surface area contributed by atoms with E-state index in [1.165, 1.54) is 18.2 Å². The maximum atomic E-state index is 14.0. The fraction of sp³-hybridized carbons (Fsp3) is 0.0769. The number of rotatable bonds is 5. The van der Waals surface area contributed by atoms with Crippen molar-refractivity contribution in [3.8, 4) is 5.75 Å². The van der Waals surface area contributed by atoms with Crippen LogP contribution in [0.4, 0.5) is 14.5 Å². The third-order valence-corrected chi connectivity index (χ3v) is 5.89. The highest BCUT2D eigenvalue weighted by molar-refractivity contribution is 6.36. The number of nitrogens with one attached hydrogen (secondary N) is 1. The molecule has 0 saturated heterocycles. The van der Waals surface area contributed by atoms with E-state index < -0.39 is 11.6 Å². The van der Waals surface area contributed by atoms with Crippen molar-refractivity contribution in [2.24, 2.45) is 0 Å². The molecule has 2 heterocycles. The summed E-state index contributed by atoms with van der Waals surface area (Å²) in [6.45, 7) is 1.39. The number of hydrogen-bond donors (Lipinski definition) is 1. The molecule has 34 heavy (non-hydrogen) atoms. The van der Waals surface area contributed by atoms with Gasteiger partial charge in [-0.05, 0) is 43.3 Å². The Hall–Kier alpha value is -3.97. The third-order valence-electron chi connectivity index (χ3n) is 5.56. The monoisotopic (exact) mass is 477 g/mol. The highest BCUT2D eigenvalue weighted by atomic mass is 35.5. The Labute approximate surface area is 198 Å². The molecule has 0 saturated carbocycles. The van der Waals surface area contributed by atoms with Crippen LogP contribution in [0.2, 0.25) is 5.02 Å². The molecule has 3 aromatic carbocycles. The van der Waals surface area contributed by atoms with Gasteiger partial charge in [-0.3, -0.25) is 9.20 Å². The first-order valence-corrected chi connectivity index (χ1v) is 10.8. The maximum absolute atomic E-state index is 14.0. The molecule has 0 aliphatic carbocycles. The average molecular weight is 478 g/mol. The zero-order valence-electron chi connectivity index (χ0n) is 18.0. The van der Waals surface area contributed by atoms with Crippen LogP contribution in [0.1, 0.15) is 21.7 Å². The van der Waals surface area contributed by atoms with Crippen LogP contribution in [-0.4, -0.2) is 15.3 Å². The normalized spacial score (nSPS) is 11.2. The molecule has 8 heteroatoms. The first-order chi connectivity index (χ1) is 16.4. The number of hydrogen-bond acceptors (Lipinski definition) is 3. The predicted molar refractivity (Wildman–Crippen MR) is 128 cm³/mol. The molecule has 1 N–H and O–H groups in total. The second kappa shape index (κ2) is 8.76. The van der Waals surface area contributed by atoms with Crippen molar-refractivity contribution in [1.29, 1.82) is 0 Å². The van der Waals surface area contributed by atoms with Crippen LogP contribution < -0.4 is 10.1 Å². The average Bonchev–Trinajstić information content (AvgIpc) is 3.17. The van der Waals surface area contributed by atoms with Gasteiger partial charge in [-0.15, -0.1) is 0 Å². The number of carbonyl (C=O) groups is 1. The van der Waals surface area contributed by atoms with Crippen molar-refractivity contribution in [3.63, 3.8) is 0 Å². The van der Waals surface area contributed by atoms with E-state index in [1.807, 2.05) is 24.3 Å². The van der Waals surface area contributed by atoms with Gasteiger partial charge in [0.05, 0.1) is 11.3 Å². The van der Waals surface area contributed by atoms with Crippen molar-refractivity contribution in [2.45, 2.75) is 13.5 Å². The molecule has 0 spiro atoms. The van der Waals surface area contributed by atoms with Gasteiger partial charge in [0.1, 0.15) is 23.9 Å². The molecule has 170 valence electrons. The summed E-state index contributed by atoms with van der Waals surface area (Å²) in [6, 6.07) is 17.9. The second-order valence-corrected chi connectivity index (χ2v) is 8.10. The highest BCUT2D eigenvalue weighted by Crippen LogP contribution is 2.31. The van der Waals surface area contributed by atoms with Gasteiger partial charge in [0, 0.05) is 27.7 Å². The predicted octanol–water partition coefficient (Wildman–Crippen LogP) is 6.56. The van der Waals surface area contributed by atoms with E-state index in [-0.39, 0.29) is 18.1 Å². The number of halogens is 3. The maximum Gasteiger partial charge on any atom is 0.274 e. The number of aromatic nitrogens is 2. The number of amides is 1. The van der Waals surface area contributed by atoms with Crippen LogP contribution in [0.15, 0.2) is 72.9 Å². The number of pyridine rings is 1. The van der Waals surface area contributed by atoms with Crippen LogP contribution in [0.25, 0.3) is 16.4 Å². The number of nitrogens with zero attached hydrogens (tertiary/aromatic N) is 2. The van der Waals surface area contributed by atoms with Crippen molar-refractivity contribution in [2.75, 3.05) is 5.32 Å². The minimum Gasteiger partial charge on any atom is -0.485 e. The highest BCUT2D eigenvalue weighted by Gasteiger charge is 2.20. The van der Waals surface area contributed by atoms with Gasteiger partial charge in [0.25, 0.3) is 5.91 Å². The van der Waals surface area contributed by atoms with Gasteiger partial charge in [0.2, 0.25) is 0 Å². The third kappa shape index (κ3) is 3.84. The fourth-order valence-electron chi connectivity index (χ4n) is 3.92. The Morgan fingerprint density at radius 1 is 1.00 bits per heavy atom. The van der Waals surface area contributed by atoms with E-state index in [4.69, 9.17) is 16.3 Å². The summed E-state index contributed by atoms with van der Waals surface area (Å²) in [5.41, 5.74) is 1.59. The van der Waals surface area contributed by atoms with Gasteiger partial charge < -0.3 is 10.1 Å². The summed E-state index contributed by atoms with van der Waals surface area (Å²) >= 11 is 6.29. The Bertz CT molecular complexity index is 1550. The Kier molecular flexibility index (Phi) is 5.63. The van der Waals surface area contributed by atoms with Crippen LogP contribution in [0.5, 0.6) is 5.75 Å². The van der Waals surface area contributed by atoms with Crippen LogP contribution in [0, 0.1) is 18.6 Å². The number of ether oxygens (including phenoxy) is 1. The minimum atomic E-state index is -0.693. The molecule has 0 radical (unpaired) electrons. The van der Waals surface area contributed by atoms with Crippen molar-refractivity contribution in [3.05, 3.63) is 107 Å². The largest absolute Gasteiger partial charge is 0.485 e. The quantitative estimate of drug-likeness (QED) is 0.312. The summed E-state index contributed by atoms with van der Waals surface area (Å²) in [5.74, 6) is -1.46. The SMILES string of the molecule is Cc1nc2c(OCc3c(F)cccc3F)cccn2c1C(=O)Nc1ccc(Cl)c2ccccc12. The van der Waals surface area contributed by atoms with Gasteiger partial charge in [-0.2, -0.15) is 0 Å². The lowest BCUT2D eigenvalue weighted by molar-refractivity contribution is 0.102. The smallest absolute Gasteiger partial charge is 0.274 e. The molecule has 5 aromatic rings. The lowest BCUT2D eigenvalue weighted by Crippen LogP contribution is -2.16. The lowest BCUT2D eigenvalue weighted by atomic mass is 10.1. The molecule has 2 aromatic heterocycles. The molecule has 0 atom stereocenters. The molecule has 5 nitrogen and oxygen atoms in total. The van der Waals surface area contributed by atoms with Gasteiger partial charge in [-0.25, -0.2) is 13.8 Å². The molecule has 0 aliphatic rings. The van der Waals surface area contributed by atoms with Crippen molar-refractivity contribution >= 4 is 39.6 Å². The van der Waals surface area contributed by atoms with E-state index in [9.17, 15) is 13.6 Å². The van der Waals surface area contributed by atoms with Crippen LogP contribution in [0.3, 0.4) is 0 Å². The molecule has 1 amide bonds. The van der Waals surface area contributed by atoms with E-state index in [1.54, 1.807) is 41.8 Å². The minimum absolute atomic E-state index is 0.180. The van der Waals surface area contributed by atoms with Crippen LogP contribution in [-0.2, 0) is 6.61 Å². The first kappa shape index (κ1) is 21.9.